The predicted molar refractivity (Wildman–Crippen MR) is 311 cm³/mol. The maximum Gasteiger partial charge on any atom is 0.268 e. The van der Waals surface area contributed by atoms with Gasteiger partial charge in [0, 0.05) is 6.42 Å². The number of rotatable bonds is 53. The van der Waals surface area contributed by atoms with Crippen LogP contribution < -0.4 is 10.2 Å². The van der Waals surface area contributed by atoms with E-state index in [0.717, 1.165) is 89.9 Å². The lowest BCUT2D eigenvalue weighted by Crippen LogP contribution is -2.46. The van der Waals surface area contributed by atoms with Crippen LogP contribution in [0.25, 0.3) is 0 Å². The smallest absolute Gasteiger partial charge is 0.268 e. The molecule has 0 aromatic heterocycles. The third kappa shape index (κ3) is 55.2. The van der Waals surface area contributed by atoms with Crippen LogP contribution >= 0.6 is 7.82 Å². The highest BCUT2D eigenvalue weighted by atomic mass is 31.2. The lowest BCUT2D eigenvalue weighted by atomic mass is 10.0. The van der Waals surface area contributed by atoms with Crippen LogP contribution in [0.3, 0.4) is 0 Å². The van der Waals surface area contributed by atoms with E-state index in [4.69, 9.17) is 9.05 Å². The summed E-state index contributed by atoms with van der Waals surface area (Å²) in [4.78, 5) is 25.4. The van der Waals surface area contributed by atoms with Gasteiger partial charge in [-0.1, -0.05) is 259 Å². The molecule has 0 saturated heterocycles. The predicted octanol–water partition coefficient (Wildman–Crippen LogP) is 17.6. The first kappa shape index (κ1) is 69.4. The third-order valence-electron chi connectivity index (χ3n) is 12.8. The maximum absolute atomic E-state index is 12.9. The number of amides is 1. The molecule has 0 fully saturated rings. The summed E-state index contributed by atoms with van der Waals surface area (Å²) in [6.07, 6.45) is 76.2. The van der Waals surface area contributed by atoms with Crippen LogP contribution in [-0.4, -0.2) is 68.5 Å². The van der Waals surface area contributed by atoms with E-state index >= 15 is 0 Å². The Morgan fingerprint density at radius 3 is 1.24 bits per heavy atom. The monoisotopic (exact) mass is 1020 g/mol. The quantitative estimate of drug-likeness (QED) is 0.0272. The lowest BCUT2D eigenvalue weighted by molar-refractivity contribution is -0.870. The second-order valence-electron chi connectivity index (χ2n) is 21.0. The highest BCUT2D eigenvalue weighted by Crippen LogP contribution is 2.38. The molecule has 0 bridgehead atoms. The van der Waals surface area contributed by atoms with E-state index in [1.165, 1.54) is 128 Å². The highest BCUT2D eigenvalue weighted by Gasteiger charge is 2.24. The maximum atomic E-state index is 12.9. The van der Waals surface area contributed by atoms with Crippen molar-refractivity contribution in [2.24, 2.45) is 0 Å². The lowest BCUT2D eigenvalue weighted by Gasteiger charge is -2.30. The molecule has 416 valence electrons. The minimum Gasteiger partial charge on any atom is -0.756 e. The number of hydrogen-bond donors (Lipinski definition) is 2. The number of hydrogen-bond acceptors (Lipinski definition) is 6. The fourth-order valence-electron chi connectivity index (χ4n) is 8.23. The first-order valence-corrected chi connectivity index (χ1v) is 31.0. The minimum absolute atomic E-state index is 0.00983. The molecule has 0 spiro atoms. The SMILES string of the molecule is CC/C=C\C/C=C\C/C=C\C/C=C\C/C=C\C/C=C\C/C=C\C/C=C\CCCCCCCCCCCCCCCCCCC(=O)NC(COP(=O)([O-])OCC[N+](C)(C)C)C(O)CCCCCCCCCCC. The van der Waals surface area contributed by atoms with Crippen molar-refractivity contribution >= 4 is 13.7 Å². The van der Waals surface area contributed by atoms with Crippen molar-refractivity contribution in [1.29, 1.82) is 0 Å². The fourth-order valence-corrected chi connectivity index (χ4v) is 8.96. The van der Waals surface area contributed by atoms with Crippen LogP contribution in [0.1, 0.15) is 245 Å². The Hall–Kier alpha value is -2.58. The second-order valence-corrected chi connectivity index (χ2v) is 22.4. The standard InChI is InChI=1S/C63H113N2O6P/c1-6-8-10-12-14-16-17-18-19-20-21-22-23-24-25-26-27-28-29-30-31-32-33-34-35-36-37-38-39-40-41-42-43-44-45-46-47-49-51-53-55-57-63(67)64-61(60-71-72(68,69)70-59-58-65(3,4)5)62(66)56-54-52-50-48-15-13-11-9-7-2/h8,10,14,16,18-19,21-22,24-25,27-28,30-31,33-34,61-62,66H,6-7,9,11-13,15,17,20,23,26,29,32,35-60H2,1-5H3,(H-,64,67,68,69)/b10-8-,16-14-,19-18-,22-21-,25-24-,28-27-,31-30-,34-33-. The molecule has 0 saturated carbocycles. The Bertz CT molecular complexity index is 1490. The topological polar surface area (TPSA) is 108 Å². The number of phosphoric ester groups is 1. The normalized spacial score (nSPS) is 14.6. The molecule has 0 aliphatic carbocycles. The van der Waals surface area contributed by atoms with Crippen molar-refractivity contribution in [3.63, 3.8) is 0 Å². The number of nitrogens with one attached hydrogen (secondary N) is 1. The number of aliphatic hydroxyl groups excluding tert-OH is 1. The van der Waals surface area contributed by atoms with Crippen molar-refractivity contribution in [1.82, 2.24) is 5.32 Å². The summed E-state index contributed by atoms with van der Waals surface area (Å²) in [6.45, 7) is 4.58. The van der Waals surface area contributed by atoms with Crippen molar-refractivity contribution in [3.8, 4) is 0 Å². The van der Waals surface area contributed by atoms with Gasteiger partial charge >= 0.3 is 0 Å². The van der Waals surface area contributed by atoms with E-state index in [9.17, 15) is 19.4 Å². The number of allylic oxidation sites excluding steroid dienone is 16. The van der Waals surface area contributed by atoms with Gasteiger partial charge in [-0.25, -0.2) is 0 Å². The Balaban J connectivity index is 3.89. The molecule has 2 N–H and O–H groups in total. The largest absolute Gasteiger partial charge is 0.756 e. The van der Waals surface area contributed by atoms with E-state index in [0.29, 0.717) is 23.9 Å². The van der Waals surface area contributed by atoms with Crippen LogP contribution in [0, 0.1) is 0 Å². The number of phosphoric acid groups is 1. The van der Waals surface area contributed by atoms with E-state index in [1.54, 1.807) is 0 Å². The number of aliphatic hydroxyl groups is 1. The second kappa shape index (κ2) is 53.3. The van der Waals surface area contributed by atoms with Crippen LogP contribution in [0.2, 0.25) is 0 Å². The Morgan fingerprint density at radius 1 is 0.500 bits per heavy atom. The first-order valence-electron chi connectivity index (χ1n) is 29.6. The van der Waals surface area contributed by atoms with Gasteiger partial charge in [0.05, 0.1) is 39.9 Å². The molecule has 72 heavy (non-hydrogen) atoms. The summed E-state index contributed by atoms with van der Waals surface area (Å²) >= 11 is 0. The van der Waals surface area contributed by atoms with Gasteiger partial charge in [-0.3, -0.25) is 9.36 Å². The fraction of sp³-hybridized carbons (Fsp3) is 0.730. The van der Waals surface area contributed by atoms with Gasteiger partial charge in [0.2, 0.25) is 5.91 Å². The molecule has 0 aromatic rings. The molecule has 0 heterocycles. The zero-order valence-electron chi connectivity index (χ0n) is 47.4. The van der Waals surface area contributed by atoms with Gasteiger partial charge in [-0.2, -0.15) is 0 Å². The van der Waals surface area contributed by atoms with Crippen LogP contribution in [-0.2, 0) is 18.4 Å². The Labute approximate surface area is 445 Å². The molecule has 3 atom stereocenters. The van der Waals surface area contributed by atoms with E-state index in [1.807, 2.05) is 21.1 Å². The Kier molecular flexibility index (Phi) is 51.3. The van der Waals surface area contributed by atoms with Crippen molar-refractivity contribution < 1.29 is 32.9 Å². The number of quaternary nitrogens is 1. The molecule has 0 aromatic carbocycles. The summed E-state index contributed by atoms with van der Waals surface area (Å²) in [5, 5.41) is 13.9. The molecule has 1 amide bonds. The summed E-state index contributed by atoms with van der Waals surface area (Å²) in [5.74, 6) is -0.169. The van der Waals surface area contributed by atoms with E-state index in [-0.39, 0.29) is 19.1 Å². The molecule has 0 radical (unpaired) electrons. The van der Waals surface area contributed by atoms with Crippen molar-refractivity contribution in [2.75, 3.05) is 40.9 Å². The number of carbonyl (C=O) groups is 1. The van der Waals surface area contributed by atoms with Gasteiger partial charge in [-0.05, 0) is 77.0 Å². The number of nitrogens with zero attached hydrogens (tertiary/aromatic N) is 1. The third-order valence-corrected chi connectivity index (χ3v) is 13.8. The number of likely N-dealkylation sites (N-methyl/N-ethyl adjacent to an activating group) is 1. The Morgan fingerprint density at radius 2 is 0.847 bits per heavy atom. The summed E-state index contributed by atoms with van der Waals surface area (Å²) in [5.41, 5.74) is 0. The van der Waals surface area contributed by atoms with Crippen LogP contribution in [0.4, 0.5) is 0 Å². The summed E-state index contributed by atoms with van der Waals surface area (Å²) in [7, 11) is 1.30. The molecule has 3 unspecified atom stereocenters. The number of unbranched alkanes of at least 4 members (excludes halogenated alkanes) is 24. The molecule has 9 heteroatoms. The summed E-state index contributed by atoms with van der Waals surface area (Å²) < 4.78 is 23.3. The van der Waals surface area contributed by atoms with Gasteiger partial charge in [-0.15, -0.1) is 0 Å². The highest BCUT2D eigenvalue weighted by molar-refractivity contribution is 7.45. The molecular formula is C63H113N2O6P. The molecule has 0 rings (SSSR count). The van der Waals surface area contributed by atoms with Crippen LogP contribution in [0.5, 0.6) is 0 Å². The molecular weight excluding hydrogens is 912 g/mol. The van der Waals surface area contributed by atoms with E-state index in [2.05, 4.69) is 116 Å². The van der Waals surface area contributed by atoms with Gasteiger partial charge in [0.1, 0.15) is 13.2 Å². The molecule has 0 aliphatic heterocycles. The average Bonchev–Trinajstić information content (AvgIpc) is 3.34. The molecule has 0 aliphatic rings. The van der Waals surface area contributed by atoms with Crippen molar-refractivity contribution in [3.05, 3.63) is 97.2 Å². The average molecular weight is 1030 g/mol. The van der Waals surface area contributed by atoms with Gasteiger partial charge in [0.15, 0.2) is 0 Å². The summed E-state index contributed by atoms with van der Waals surface area (Å²) in [6, 6.07) is -0.802. The minimum atomic E-state index is -4.57. The molecule has 8 nitrogen and oxygen atoms in total. The number of carbonyl (C=O) groups excluding carboxylic acids is 1. The van der Waals surface area contributed by atoms with Gasteiger partial charge in [0.25, 0.3) is 7.82 Å². The van der Waals surface area contributed by atoms with Crippen LogP contribution in [0.15, 0.2) is 97.2 Å². The zero-order valence-corrected chi connectivity index (χ0v) is 48.2. The zero-order chi connectivity index (χ0) is 52.7. The van der Waals surface area contributed by atoms with E-state index < -0.39 is 20.0 Å². The first-order chi connectivity index (χ1) is 35.0. The van der Waals surface area contributed by atoms with Gasteiger partial charge < -0.3 is 28.8 Å². The van der Waals surface area contributed by atoms with Crippen molar-refractivity contribution in [2.45, 2.75) is 257 Å².